The highest BCUT2D eigenvalue weighted by atomic mass is 16.5. The number of hydrogen-bond acceptors (Lipinski definition) is 5. The number of fused-ring (bicyclic) bond motifs is 3. The van der Waals surface area contributed by atoms with Crippen molar-refractivity contribution >= 4 is 21.9 Å². The molecule has 0 bridgehead atoms. The van der Waals surface area contributed by atoms with Crippen LogP contribution in [0.3, 0.4) is 0 Å². The third-order valence-corrected chi connectivity index (χ3v) is 5.70. The van der Waals surface area contributed by atoms with Crippen molar-refractivity contribution in [2.75, 3.05) is 33.4 Å². The van der Waals surface area contributed by atoms with Crippen LogP contribution >= 0.6 is 0 Å². The monoisotopic (exact) mass is 347 g/mol. The lowest BCUT2D eigenvalue weighted by molar-refractivity contribution is 0.192. The fourth-order valence-corrected chi connectivity index (χ4v) is 4.38. The van der Waals surface area contributed by atoms with Crippen LogP contribution in [-0.2, 0) is 4.74 Å². The zero-order valence-corrected chi connectivity index (χ0v) is 14.9. The summed E-state index contributed by atoms with van der Waals surface area (Å²) in [5, 5.41) is 10.4. The zero-order valence-electron chi connectivity index (χ0n) is 14.9. The molecular weight excluding hydrogens is 326 g/mol. The standard InChI is InChI=1S/C20H21N5O/c1-24-6-4-15(11-24)25-19-16-8-13(9-21)2-3-17(16)22-10-18(19)23-20(25)14-5-7-26-12-14/h2-3,8,10,14-15H,4-7,11-12H2,1H3/t14?,15-/m1/s1. The topological polar surface area (TPSA) is 67.0 Å². The molecule has 4 heterocycles. The molecule has 0 radical (unpaired) electrons. The average molecular weight is 347 g/mol. The number of rotatable bonds is 2. The smallest absolute Gasteiger partial charge is 0.115 e. The van der Waals surface area contributed by atoms with Crippen LogP contribution in [0.15, 0.2) is 24.4 Å². The van der Waals surface area contributed by atoms with Crippen molar-refractivity contribution in [3.63, 3.8) is 0 Å². The SMILES string of the molecule is CN1CC[C@@H](n2c(C3CCOC3)nc3cnc4ccc(C#N)cc4c32)C1. The number of hydrogen-bond donors (Lipinski definition) is 0. The molecule has 0 aliphatic carbocycles. The number of imidazole rings is 1. The summed E-state index contributed by atoms with van der Waals surface area (Å²) in [5.41, 5.74) is 3.62. The average Bonchev–Trinajstić information content (AvgIpc) is 3.39. The second kappa shape index (κ2) is 6.04. The third kappa shape index (κ3) is 2.39. The Balaban J connectivity index is 1.81. The number of benzene rings is 1. The molecule has 1 aromatic carbocycles. The number of pyridine rings is 1. The molecule has 2 atom stereocenters. The van der Waals surface area contributed by atoms with Crippen LogP contribution < -0.4 is 0 Å². The quantitative estimate of drug-likeness (QED) is 0.713. The van der Waals surface area contributed by atoms with Crippen LogP contribution in [0, 0.1) is 11.3 Å². The summed E-state index contributed by atoms with van der Waals surface area (Å²) in [6.07, 6.45) is 4.00. The molecule has 0 amide bonds. The van der Waals surface area contributed by atoms with Crippen LogP contribution in [0.1, 0.15) is 36.2 Å². The first kappa shape index (κ1) is 15.7. The molecule has 2 saturated heterocycles. The van der Waals surface area contributed by atoms with E-state index >= 15 is 0 Å². The Morgan fingerprint density at radius 2 is 2.19 bits per heavy atom. The van der Waals surface area contributed by atoms with Gasteiger partial charge in [0.2, 0.25) is 0 Å². The molecule has 0 N–H and O–H groups in total. The van der Waals surface area contributed by atoms with Crippen molar-refractivity contribution in [3.05, 3.63) is 35.8 Å². The van der Waals surface area contributed by atoms with E-state index < -0.39 is 0 Å². The number of nitriles is 1. The fraction of sp³-hybridized carbons (Fsp3) is 0.450. The normalized spacial score (nSPS) is 23.8. The molecule has 2 fully saturated rings. The van der Waals surface area contributed by atoms with Gasteiger partial charge in [-0.05, 0) is 44.6 Å². The van der Waals surface area contributed by atoms with Crippen LogP contribution in [-0.4, -0.2) is 52.8 Å². The Morgan fingerprint density at radius 3 is 2.92 bits per heavy atom. The predicted molar refractivity (Wildman–Crippen MR) is 99.1 cm³/mol. The fourth-order valence-electron chi connectivity index (χ4n) is 4.38. The Hall–Kier alpha value is -2.49. The maximum absolute atomic E-state index is 9.35. The van der Waals surface area contributed by atoms with Crippen molar-refractivity contribution in [1.29, 1.82) is 5.26 Å². The highest BCUT2D eigenvalue weighted by Crippen LogP contribution is 2.36. The number of nitrogens with zero attached hydrogens (tertiary/aromatic N) is 5. The molecule has 6 heteroatoms. The van der Waals surface area contributed by atoms with Crippen LogP contribution in [0.2, 0.25) is 0 Å². The number of likely N-dealkylation sites (tertiary alicyclic amines) is 1. The van der Waals surface area contributed by atoms with E-state index in [1.165, 1.54) is 0 Å². The number of likely N-dealkylation sites (N-methyl/N-ethyl adjacent to an activating group) is 1. The Morgan fingerprint density at radius 1 is 1.27 bits per heavy atom. The molecule has 3 aromatic rings. The van der Waals surface area contributed by atoms with Gasteiger partial charge in [-0.1, -0.05) is 0 Å². The van der Waals surface area contributed by atoms with Crippen molar-refractivity contribution < 1.29 is 4.74 Å². The molecule has 1 unspecified atom stereocenters. The Labute approximate surface area is 152 Å². The highest BCUT2D eigenvalue weighted by molar-refractivity contribution is 6.03. The van der Waals surface area contributed by atoms with Crippen molar-refractivity contribution in [3.8, 4) is 6.07 Å². The van der Waals surface area contributed by atoms with Gasteiger partial charge >= 0.3 is 0 Å². The molecule has 26 heavy (non-hydrogen) atoms. The van der Waals surface area contributed by atoms with E-state index in [0.29, 0.717) is 17.5 Å². The van der Waals surface area contributed by atoms with Crippen molar-refractivity contribution in [2.45, 2.75) is 24.8 Å². The van der Waals surface area contributed by atoms with Crippen LogP contribution in [0.4, 0.5) is 0 Å². The summed E-state index contributed by atoms with van der Waals surface area (Å²) in [7, 11) is 2.17. The lowest BCUT2D eigenvalue weighted by atomic mass is 10.1. The van der Waals surface area contributed by atoms with Gasteiger partial charge in [0.15, 0.2) is 0 Å². The second-order valence-electron chi connectivity index (χ2n) is 7.44. The molecule has 5 rings (SSSR count). The predicted octanol–water partition coefficient (Wildman–Crippen LogP) is 2.84. The second-order valence-corrected chi connectivity index (χ2v) is 7.44. The summed E-state index contributed by atoms with van der Waals surface area (Å²) >= 11 is 0. The van der Waals surface area contributed by atoms with Gasteiger partial charge in [-0.3, -0.25) is 4.98 Å². The van der Waals surface area contributed by atoms with Gasteiger partial charge in [0.1, 0.15) is 11.3 Å². The van der Waals surface area contributed by atoms with Crippen LogP contribution in [0.5, 0.6) is 0 Å². The first-order chi connectivity index (χ1) is 12.7. The van der Waals surface area contributed by atoms with Crippen LogP contribution in [0.25, 0.3) is 21.9 Å². The van der Waals surface area contributed by atoms with Crippen molar-refractivity contribution in [2.24, 2.45) is 0 Å². The molecule has 2 aliphatic heterocycles. The summed E-state index contributed by atoms with van der Waals surface area (Å²) in [6, 6.07) is 8.38. The molecular formula is C20H21N5O. The van der Waals surface area contributed by atoms with E-state index in [0.717, 1.165) is 66.9 Å². The minimum absolute atomic E-state index is 0.336. The minimum Gasteiger partial charge on any atom is -0.381 e. The minimum atomic E-state index is 0.336. The van der Waals surface area contributed by atoms with Gasteiger partial charge < -0.3 is 14.2 Å². The first-order valence-corrected chi connectivity index (χ1v) is 9.21. The third-order valence-electron chi connectivity index (χ3n) is 5.70. The molecule has 0 spiro atoms. The molecule has 2 aromatic heterocycles. The maximum Gasteiger partial charge on any atom is 0.115 e. The number of aromatic nitrogens is 3. The van der Waals surface area contributed by atoms with E-state index in [-0.39, 0.29) is 0 Å². The summed E-state index contributed by atoms with van der Waals surface area (Å²) in [4.78, 5) is 11.9. The van der Waals surface area contributed by atoms with Gasteiger partial charge in [-0.15, -0.1) is 0 Å². The molecule has 132 valence electrons. The van der Waals surface area contributed by atoms with E-state index in [2.05, 4.69) is 27.6 Å². The zero-order chi connectivity index (χ0) is 17.7. The lowest BCUT2D eigenvalue weighted by Crippen LogP contribution is -2.19. The summed E-state index contributed by atoms with van der Waals surface area (Å²) < 4.78 is 8.08. The summed E-state index contributed by atoms with van der Waals surface area (Å²) in [6.45, 7) is 3.65. The van der Waals surface area contributed by atoms with Gasteiger partial charge in [-0.2, -0.15) is 5.26 Å². The largest absolute Gasteiger partial charge is 0.381 e. The molecule has 2 aliphatic rings. The van der Waals surface area contributed by atoms with E-state index in [9.17, 15) is 5.26 Å². The van der Waals surface area contributed by atoms with Gasteiger partial charge in [0, 0.05) is 30.5 Å². The van der Waals surface area contributed by atoms with Gasteiger partial charge in [0.05, 0.1) is 35.5 Å². The maximum atomic E-state index is 9.35. The highest BCUT2D eigenvalue weighted by Gasteiger charge is 2.31. The lowest BCUT2D eigenvalue weighted by Gasteiger charge is -2.20. The van der Waals surface area contributed by atoms with Gasteiger partial charge in [-0.25, -0.2) is 4.98 Å². The molecule has 6 nitrogen and oxygen atoms in total. The summed E-state index contributed by atoms with van der Waals surface area (Å²) in [5.74, 6) is 1.46. The van der Waals surface area contributed by atoms with E-state index in [4.69, 9.17) is 9.72 Å². The Bertz CT molecular complexity index is 1030. The van der Waals surface area contributed by atoms with E-state index in [1.54, 1.807) is 0 Å². The first-order valence-electron chi connectivity index (χ1n) is 9.21. The van der Waals surface area contributed by atoms with Crippen molar-refractivity contribution in [1.82, 2.24) is 19.4 Å². The number of ether oxygens (including phenoxy) is 1. The Kier molecular flexibility index (Phi) is 3.66. The molecule has 0 saturated carbocycles. The van der Waals surface area contributed by atoms with E-state index in [1.807, 2.05) is 24.4 Å². The van der Waals surface area contributed by atoms with Gasteiger partial charge in [0.25, 0.3) is 0 Å².